The molecule has 7 N–H and O–H groups in total. The number of aliphatic hydroxyl groups is 2. The largest absolute Gasteiger partial charge is 0.463 e. The molecule has 10 nitrogen and oxygen atoms in total. The lowest BCUT2D eigenvalue weighted by Crippen LogP contribution is -2.28. The molecule has 3 rings (SSSR count). The summed E-state index contributed by atoms with van der Waals surface area (Å²) in [5.41, 5.74) is 15.4. The highest BCUT2D eigenvalue weighted by molar-refractivity contribution is 5.85. The molecule has 0 bridgehead atoms. The van der Waals surface area contributed by atoms with E-state index in [1.54, 1.807) is 24.4 Å². The van der Waals surface area contributed by atoms with Crippen LogP contribution in [-0.4, -0.2) is 52.4 Å². The molecule has 0 spiro atoms. The highest BCUT2D eigenvalue weighted by atomic mass is 16.5. The minimum absolute atomic E-state index is 0.141. The molecular formula is C26H30N6O4. The van der Waals surface area contributed by atoms with E-state index < -0.39 is 18.8 Å². The van der Waals surface area contributed by atoms with Crippen molar-refractivity contribution in [3.05, 3.63) is 71.3 Å². The Morgan fingerprint density at radius 1 is 1.33 bits per heavy atom. The third-order valence-electron chi connectivity index (χ3n) is 5.09. The summed E-state index contributed by atoms with van der Waals surface area (Å²) in [6.45, 7) is 3.57. The SMILES string of the molecule is C#C/C(=C\C=C(\N)CC(N)=Nc1ccc(Oc2ccc(C)nc2)c(C)c1)NC1=N[C@@H](C(O)CO)CO1. The van der Waals surface area contributed by atoms with E-state index in [1.165, 1.54) is 0 Å². The minimum atomic E-state index is -1.00. The van der Waals surface area contributed by atoms with Crippen molar-refractivity contribution in [3.63, 3.8) is 0 Å². The third-order valence-corrected chi connectivity index (χ3v) is 5.09. The van der Waals surface area contributed by atoms with E-state index in [1.807, 2.05) is 38.1 Å². The molecule has 2 aromatic rings. The van der Waals surface area contributed by atoms with Gasteiger partial charge in [-0.05, 0) is 61.9 Å². The normalized spacial score (nSPS) is 17.1. The predicted molar refractivity (Wildman–Crippen MR) is 139 cm³/mol. The van der Waals surface area contributed by atoms with Gasteiger partial charge in [-0.15, -0.1) is 6.42 Å². The smallest absolute Gasteiger partial charge is 0.290 e. The number of aliphatic hydroxyl groups excluding tert-OH is 2. The number of aromatic nitrogens is 1. The third kappa shape index (κ3) is 7.59. The number of pyridine rings is 1. The second kappa shape index (κ2) is 12.4. The van der Waals surface area contributed by atoms with Crippen molar-refractivity contribution >= 4 is 17.5 Å². The molecule has 0 aliphatic carbocycles. The fourth-order valence-corrected chi connectivity index (χ4v) is 3.14. The van der Waals surface area contributed by atoms with Crippen LogP contribution >= 0.6 is 0 Å². The van der Waals surface area contributed by atoms with Gasteiger partial charge in [-0.3, -0.25) is 4.98 Å². The number of rotatable bonds is 9. The molecule has 0 fully saturated rings. The van der Waals surface area contributed by atoms with Gasteiger partial charge in [-0.1, -0.05) is 5.92 Å². The molecule has 0 saturated carbocycles. The minimum Gasteiger partial charge on any atom is -0.463 e. The highest BCUT2D eigenvalue weighted by Gasteiger charge is 2.25. The Morgan fingerprint density at radius 2 is 2.14 bits per heavy atom. The van der Waals surface area contributed by atoms with E-state index in [2.05, 4.69) is 26.2 Å². The van der Waals surface area contributed by atoms with E-state index in [4.69, 9.17) is 32.5 Å². The first-order chi connectivity index (χ1) is 17.3. The molecule has 1 aliphatic rings. The molecule has 2 atom stereocenters. The first kappa shape index (κ1) is 26.3. The molecule has 0 saturated heterocycles. The Kier molecular flexibility index (Phi) is 9.05. The van der Waals surface area contributed by atoms with Crippen LogP contribution in [0.15, 0.2) is 70.1 Å². The van der Waals surface area contributed by atoms with Gasteiger partial charge in [-0.25, -0.2) is 9.98 Å². The molecule has 1 aromatic heterocycles. The Labute approximate surface area is 210 Å². The van der Waals surface area contributed by atoms with Gasteiger partial charge in [0.25, 0.3) is 6.02 Å². The molecule has 36 heavy (non-hydrogen) atoms. The molecule has 1 aliphatic heterocycles. The summed E-state index contributed by atoms with van der Waals surface area (Å²) in [5.74, 6) is 4.15. The van der Waals surface area contributed by atoms with Gasteiger partial charge in [0.15, 0.2) is 0 Å². The van der Waals surface area contributed by atoms with Crippen molar-refractivity contribution in [1.82, 2.24) is 10.3 Å². The van der Waals surface area contributed by atoms with Gasteiger partial charge >= 0.3 is 0 Å². The summed E-state index contributed by atoms with van der Waals surface area (Å²) in [4.78, 5) is 12.8. The van der Waals surface area contributed by atoms with Crippen molar-refractivity contribution in [2.45, 2.75) is 32.4 Å². The lowest BCUT2D eigenvalue weighted by Gasteiger charge is -2.09. The predicted octanol–water partition coefficient (Wildman–Crippen LogP) is 1.93. The number of allylic oxidation sites excluding steroid dienone is 3. The molecule has 188 valence electrons. The van der Waals surface area contributed by atoms with Crippen molar-refractivity contribution in [2.75, 3.05) is 13.2 Å². The van der Waals surface area contributed by atoms with Gasteiger partial charge in [-0.2, -0.15) is 0 Å². The Hall–Kier alpha value is -4.33. The van der Waals surface area contributed by atoms with Crippen LogP contribution in [0.25, 0.3) is 0 Å². The molecule has 1 aromatic carbocycles. The summed E-state index contributed by atoms with van der Waals surface area (Å²) in [6.07, 6.45) is 9.62. The standard InChI is InChI=1S/C26H30N6O4/c1-4-19(31-26-32-22(15-35-26)23(34)14-33)7-6-18(27)12-25(28)30-20-8-10-24(16(2)11-20)36-21-9-5-17(3)29-13-21/h1,5-11,13,22-23,33-34H,12,14-15,27H2,2-3H3,(H2,28,30)(H,31,32)/b18-6+,19-7+/t22-,23?/m1/s1. The van der Waals surface area contributed by atoms with Crippen LogP contribution in [0.2, 0.25) is 0 Å². The van der Waals surface area contributed by atoms with E-state index in [0.717, 1.165) is 11.3 Å². The number of nitrogens with one attached hydrogen (secondary N) is 1. The fraction of sp³-hybridized carbons (Fsp3) is 0.269. The average Bonchev–Trinajstić information content (AvgIpc) is 3.32. The first-order valence-electron chi connectivity index (χ1n) is 11.2. The number of nitrogens with two attached hydrogens (primary N) is 2. The van der Waals surface area contributed by atoms with Gasteiger partial charge in [0.2, 0.25) is 0 Å². The molecule has 2 heterocycles. The lowest BCUT2D eigenvalue weighted by molar-refractivity contribution is 0.0665. The number of hydrogen-bond acceptors (Lipinski definition) is 9. The van der Waals surface area contributed by atoms with Crippen LogP contribution in [0.1, 0.15) is 17.7 Å². The van der Waals surface area contributed by atoms with Crippen LogP contribution in [0.4, 0.5) is 5.69 Å². The maximum absolute atomic E-state index is 9.65. The summed E-state index contributed by atoms with van der Waals surface area (Å²) >= 11 is 0. The topological polar surface area (TPSA) is 161 Å². The molecular weight excluding hydrogens is 460 g/mol. The number of aryl methyl sites for hydroxylation is 2. The number of terminal acetylenes is 1. The molecule has 1 unspecified atom stereocenters. The lowest BCUT2D eigenvalue weighted by atomic mass is 10.2. The maximum Gasteiger partial charge on any atom is 0.290 e. The Morgan fingerprint density at radius 3 is 2.81 bits per heavy atom. The van der Waals surface area contributed by atoms with Gasteiger partial charge < -0.3 is 36.5 Å². The van der Waals surface area contributed by atoms with Crippen LogP contribution in [0, 0.1) is 26.2 Å². The van der Waals surface area contributed by atoms with Gasteiger partial charge in [0.05, 0.1) is 24.2 Å². The van der Waals surface area contributed by atoms with Crippen LogP contribution in [-0.2, 0) is 4.74 Å². The first-order valence-corrected chi connectivity index (χ1v) is 11.2. The zero-order chi connectivity index (χ0) is 26.1. The van der Waals surface area contributed by atoms with Crippen LogP contribution in [0.3, 0.4) is 0 Å². The van der Waals surface area contributed by atoms with E-state index in [0.29, 0.717) is 34.4 Å². The molecule has 0 radical (unpaired) electrons. The Bertz CT molecular complexity index is 1230. The number of aliphatic imine (C=N–C) groups is 2. The van der Waals surface area contributed by atoms with Crippen molar-refractivity contribution < 1.29 is 19.7 Å². The second-order valence-electron chi connectivity index (χ2n) is 8.12. The van der Waals surface area contributed by atoms with Crippen LogP contribution in [0.5, 0.6) is 11.5 Å². The fourth-order valence-electron chi connectivity index (χ4n) is 3.14. The molecule has 0 amide bonds. The quantitative estimate of drug-likeness (QED) is 0.154. The molecule has 10 heteroatoms. The van der Waals surface area contributed by atoms with Crippen molar-refractivity contribution in [2.24, 2.45) is 21.5 Å². The summed E-state index contributed by atoms with van der Waals surface area (Å²) in [6, 6.07) is 8.85. The monoisotopic (exact) mass is 490 g/mol. The summed E-state index contributed by atoms with van der Waals surface area (Å²) < 4.78 is 11.2. The van der Waals surface area contributed by atoms with Crippen molar-refractivity contribution in [3.8, 4) is 23.8 Å². The second-order valence-corrected chi connectivity index (χ2v) is 8.12. The van der Waals surface area contributed by atoms with Gasteiger partial charge in [0, 0.05) is 17.8 Å². The van der Waals surface area contributed by atoms with E-state index in [-0.39, 0.29) is 19.0 Å². The van der Waals surface area contributed by atoms with E-state index >= 15 is 0 Å². The summed E-state index contributed by atoms with van der Waals surface area (Å²) in [7, 11) is 0. The number of ether oxygens (including phenoxy) is 2. The van der Waals surface area contributed by atoms with Gasteiger partial charge in [0.1, 0.15) is 36.1 Å². The number of nitrogens with zero attached hydrogens (tertiary/aromatic N) is 3. The Balaban J connectivity index is 1.60. The average molecular weight is 491 g/mol. The number of benzene rings is 1. The summed E-state index contributed by atoms with van der Waals surface area (Å²) in [5, 5.41) is 21.5. The zero-order valence-electron chi connectivity index (χ0n) is 20.2. The number of amidine groups is 2. The number of hydrogen-bond donors (Lipinski definition) is 5. The van der Waals surface area contributed by atoms with Crippen molar-refractivity contribution in [1.29, 1.82) is 0 Å². The van der Waals surface area contributed by atoms with Crippen LogP contribution < -0.4 is 21.5 Å². The highest BCUT2D eigenvalue weighted by Crippen LogP contribution is 2.28. The maximum atomic E-state index is 9.65. The zero-order valence-corrected chi connectivity index (χ0v) is 20.2. The van der Waals surface area contributed by atoms with E-state index in [9.17, 15) is 5.11 Å².